The van der Waals surface area contributed by atoms with E-state index in [0.717, 1.165) is 36.5 Å². The molecule has 9 heteroatoms. The lowest BCUT2D eigenvalue weighted by atomic mass is 10.1. The Bertz CT molecular complexity index is 979. The molecule has 1 aliphatic rings. The number of halogens is 1. The van der Waals surface area contributed by atoms with Crippen molar-refractivity contribution < 1.29 is 9.84 Å². The maximum Gasteiger partial charge on any atom is 0.223 e. The molecule has 4 heterocycles. The first-order valence-electron chi connectivity index (χ1n) is 9.98. The predicted molar refractivity (Wildman–Crippen MR) is 120 cm³/mol. The largest absolute Gasteiger partial charge is 0.391 e. The summed E-state index contributed by atoms with van der Waals surface area (Å²) in [6.45, 7) is 7.70. The fourth-order valence-corrected chi connectivity index (χ4v) is 3.21. The Morgan fingerprint density at radius 2 is 2.03 bits per heavy atom. The Morgan fingerprint density at radius 3 is 2.63 bits per heavy atom. The van der Waals surface area contributed by atoms with Gasteiger partial charge < -0.3 is 20.5 Å². The lowest BCUT2D eigenvalue weighted by Gasteiger charge is -2.21. The van der Waals surface area contributed by atoms with Crippen LogP contribution < -0.4 is 10.6 Å². The Hall–Kier alpha value is -2.42. The minimum atomic E-state index is -0.186. The molecular formula is C21H29ClN6O2. The number of aliphatic hydroxyl groups excluding tert-OH is 1. The average molecular weight is 433 g/mol. The summed E-state index contributed by atoms with van der Waals surface area (Å²) >= 11 is 6.27. The smallest absolute Gasteiger partial charge is 0.223 e. The molecular weight excluding hydrogens is 404 g/mol. The lowest BCUT2D eigenvalue weighted by molar-refractivity contribution is -0.00535. The van der Waals surface area contributed by atoms with Crippen LogP contribution in [0.15, 0.2) is 30.7 Å². The van der Waals surface area contributed by atoms with E-state index >= 15 is 0 Å². The van der Waals surface area contributed by atoms with Gasteiger partial charge in [-0.05, 0) is 45.7 Å². The van der Waals surface area contributed by atoms with E-state index in [0.29, 0.717) is 23.3 Å². The molecule has 0 aliphatic carbocycles. The Morgan fingerprint density at radius 1 is 1.23 bits per heavy atom. The predicted octanol–water partition coefficient (Wildman–Crippen LogP) is 3.85. The van der Waals surface area contributed by atoms with Gasteiger partial charge in [0.15, 0.2) is 0 Å². The van der Waals surface area contributed by atoms with Gasteiger partial charge >= 0.3 is 0 Å². The topological polar surface area (TPSA) is 96.6 Å². The number of aromatic nitrogens is 4. The summed E-state index contributed by atoms with van der Waals surface area (Å²) in [6.07, 6.45) is 7.15. The van der Waals surface area contributed by atoms with Gasteiger partial charge in [0.05, 0.1) is 35.8 Å². The van der Waals surface area contributed by atoms with Gasteiger partial charge in [0, 0.05) is 31.0 Å². The Labute approximate surface area is 181 Å². The van der Waals surface area contributed by atoms with Gasteiger partial charge in [0.1, 0.15) is 11.5 Å². The van der Waals surface area contributed by atoms with Crippen LogP contribution in [0.3, 0.4) is 0 Å². The number of ether oxygens (including phenoxy) is 1. The summed E-state index contributed by atoms with van der Waals surface area (Å²) in [4.78, 5) is 13.0. The molecule has 1 fully saturated rings. The number of aliphatic hydroxyl groups is 1. The summed E-state index contributed by atoms with van der Waals surface area (Å²) in [5.41, 5.74) is 2.39. The minimum Gasteiger partial charge on any atom is -0.391 e. The van der Waals surface area contributed by atoms with Crippen LogP contribution in [0, 0.1) is 0 Å². The second-order valence-electron chi connectivity index (χ2n) is 8.18. The van der Waals surface area contributed by atoms with E-state index in [1.165, 1.54) is 0 Å². The Kier molecular flexibility index (Phi) is 7.12. The minimum absolute atomic E-state index is 0.0577. The van der Waals surface area contributed by atoms with Crippen LogP contribution in [0.2, 0.25) is 5.02 Å². The fraction of sp³-hybridized carbons (Fsp3) is 0.476. The molecule has 162 valence electrons. The van der Waals surface area contributed by atoms with Crippen molar-refractivity contribution in [1.29, 1.82) is 0 Å². The van der Waals surface area contributed by atoms with E-state index in [-0.39, 0.29) is 11.6 Å². The number of fused-ring (bicyclic) bond motifs is 1. The number of nitrogens with one attached hydrogen (secondary N) is 2. The van der Waals surface area contributed by atoms with Crippen LogP contribution in [0.25, 0.3) is 16.9 Å². The van der Waals surface area contributed by atoms with Gasteiger partial charge in [-0.2, -0.15) is 0 Å². The van der Waals surface area contributed by atoms with Gasteiger partial charge in [0.2, 0.25) is 5.95 Å². The number of imidazole rings is 1. The number of anilines is 2. The Balaban J connectivity index is 0.000000310. The first-order valence-corrected chi connectivity index (χ1v) is 10.4. The first kappa shape index (κ1) is 22.3. The number of hydrogen-bond acceptors (Lipinski definition) is 7. The standard InChI is InChI=1S/C16H19ClN6.C5H10O2/c1-16(2,3)22-13-8-19-12-6-5-10(9-23(12)13)14-11(17)7-20-15(18-4)21-14;6-5-2-1-3-7-4-5/h5-9,22H,1-4H3,(H,18,20,21);5-6H,1-4H2. The second kappa shape index (κ2) is 9.59. The molecule has 3 aromatic heterocycles. The molecule has 0 saturated carbocycles. The molecule has 0 bridgehead atoms. The van der Waals surface area contributed by atoms with Gasteiger partial charge in [-0.3, -0.25) is 4.40 Å². The molecule has 1 saturated heterocycles. The number of hydrogen-bond donors (Lipinski definition) is 3. The quantitative estimate of drug-likeness (QED) is 0.578. The van der Waals surface area contributed by atoms with E-state index in [1.54, 1.807) is 13.2 Å². The van der Waals surface area contributed by atoms with Crippen LogP contribution in [-0.4, -0.2) is 56.4 Å². The average Bonchev–Trinajstić information content (AvgIpc) is 3.10. The van der Waals surface area contributed by atoms with E-state index in [2.05, 4.69) is 46.4 Å². The van der Waals surface area contributed by atoms with Crippen molar-refractivity contribution in [2.45, 2.75) is 45.3 Å². The maximum atomic E-state index is 8.78. The van der Waals surface area contributed by atoms with Gasteiger partial charge in [-0.25, -0.2) is 15.0 Å². The highest BCUT2D eigenvalue weighted by Gasteiger charge is 2.14. The van der Waals surface area contributed by atoms with E-state index < -0.39 is 0 Å². The zero-order valence-corrected chi connectivity index (χ0v) is 18.6. The molecule has 8 nitrogen and oxygen atoms in total. The summed E-state index contributed by atoms with van der Waals surface area (Å²) in [5, 5.41) is 15.7. The molecule has 1 atom stereocenters. The highest BCUT2D eigenvalue weighted by Crippen LogP contribution is 2.28. The lowest BCUT2D eigenvalue weighted by Crippen LogP contribution is -2.26. The first-order chi connectivity index (χ1) is 14.3. The summed E-state index contributed by atoms with van der Waals surface area (Å²) in [6, 6.07) is 3.90. The third-order valence-electron chi connectivity index (χ3n) is 4.39. The van der Waals surface area contributed by atoms with Crippen molar-refractivity contribution in [3.05, 3.63) is 35.7 Å². The summed E-state index contributed by atoms with van der Waals surface area (Å²) in [5.74, 6) is 1.46. The molecule has 4 rings (SSSR count). The van der Waals surface area contributed by atoms with Crippen molar-refractivity contribution in [2.24, 2.45) is 0 Å². The van der Waals surface area contributed by atoms with Gasteiger partial charge in [-0.1, -0.05) is 11.6 Å². The molecule has 0 radical (unpaired) electrons. The molecule has 0 aromatic carbocycles. The third-order valence-corrected chi connectivity index (χ3v) is 4.66. The molecule has 3 aromatic rings. The van der Waals surface area contributed by atoms with Crippen LogP contribution in [0.5, 0.6) is 0 Å². The molecule has 1 unspecified atom stereocenters. The van der Waals surface area contributed by atoms with E-state index in [1.807, 2.05) is 28.9 Å². The third kappa shape index (κ3) is 5.81. The summed E-state index contributed by atoms with van der Waals surface area (Å²) < 4.78 is 6.93. The van der Waals surface area contributed by atoms with Crippen LogP contribution in [-0.2, 0) is 4.74 Å². The number of rotatable bonds is 3. The maximum absolute atomic E-state index is 8.78. The van der Waals surface area contributed by atoms with Crippen molar-refractivity contribution >= 4 is 29.0 Å². The number of pyridine rings is 1. The highest BCUT2D eigenvalue weighted by atomic mass is 35.5. The zero-order chi connectivity index (χ0) is 21.7. The van der Waals surface area contributed by atoms with Gasteiger partial charge in [0.25, 0.3) is 0 Å². The molecule has 3 N–H and O–H groups in total. The SMILES string of the molecule is CNc1ncc(Cl)c(-c2ccc3ncc(NC(C)(C)C)n3c2)n1.OC1CCCOC1. The van der Waals surface area contributed by atoms with Crippen molar-refractivity contribution in [3.8, 4) is 11.3 Å². The zero-order valence-electron chi connectivity index (χ0n) is 17.8. The number of nitrogens with zero attached hydrogens (tertiary/aromatic N) is 4. The van der Waals surface area contributed by atoms with Crippen LogP contribution in [0.4, 0.5) is 11.8 Å². The monoisotopic (exact) mass is 432 g/mol. The van der Waals surface area contributed by atoms with Crippen LogP contribution in [0.1, 0.15) is 33.6 Å². The second-order valence-corrected chi connectivity index (χ2v) is 8.58. The van der Waals surface area contributed by atoms with Crippen molar-refractivity contribution in [2.75, 3.05) is 30.9 Å². The molecule has 0 amide bonds. The normalized spacial score (nSPS) is 16.7. The highest BCUT2D eigenvalue weighted by molar-refractivity contribution is 6.32. The van der Waals surface area contributed by atoms with E-state index in [4.69, 9.17) is 21.4 Å². The molecule has 30 heavy (non-hydrogen) atoms. The molecule has 1 aliphatic heterocycles. The summed E-state index contributed by atoms with van der Waals surface area (Å²) in [7, 11) is 1.78. The van der Waals surface area contributed by atoms with Gasteiger partial charge in [-0.15, -0.1) is 0 Å². The van der Waals surface area contributed by atoms with Crippen molar-refractivity contribution in [1.82, 2.24) is 19.4 Å². The molecule has 0 spiro atoms. The fourth-order valence-electron chi connectivity index (χ4n) is 3.01. The van der Waals surface area contributed by atoms with E-state index in [9.17, 15) is 0 Å². The van der Waals surface area contributed by atoms with Crippen LogP contribution >= 0.6 is 11.6 Å². The van der Waals surface area contributed by atoms with Crippen molar-refractivity contribution in [3.63, 3.8) is 0 Å².